The van der Waals surface area contributed by atoms with Crippen molar-refractivity contribution in [1.29, 1.82) is 5.26 Å². The molecule has 1 aromatic rings. The molecule has 0 spiro atoms. The molecule has 0 aromatic heterocycles. The quantitative estimate of drug-likeness (QED) is 0.723. The summed E-state index contributed by atoms with van der Waals surface area (Å²) in [5.74, 6) is 0. The molecule has 0 atom stereocenters. The van der Waals surface area contributed by atoms with Gasteiger partial charge in [0.1, 0.15) is 0 Å². The van der Waals surface area contributed by atoms with E-state index < -0.39 is 0 Å². The molecule has 0 saturated heterocycles. The molecule has 1 aromatic carbocycles. The zero-order valence-corrected chi connectivity index (χ0v) is 7.43. The normalized spacial score (nSPS) is 9.09. The Morgan fingerprint density at radius 3 is 2.82 bits per heavy atom. The first-order chi connectivity index (χ1) is 5.25. The van der Waals surface area contributed by atoms with E-state index in [2.05, 4.69) is 22.0 Å². The predicted molar refractivity (Wildman–Crippen MR) is 47.9 cm³/mol. The number of rotatable bonds is 1. The van der Waals surface area contributed by atoms with E-state index in [-0.39, 0.29) is 0 Å². The molecular weight excluding hydrogens is 204 g/mol. The predicted octanol–water partition coefficient (Wildman–Crippen LogP) is 2.10. The fourth-order valence-corrected chi connectivity index (χ4v) is 1.36. The molecular formula is C8H7BrN2. The minimum Gasteiger partial charge on any atom is -0.398 e. The molecule has 2 N–H and O–H groups in total. The molecule has 3 heteroatoms. The number of benzene rings is 1. The van der Waals surface area contributed by atoms with E-state index in [1.165, 1.54) is 0 Å². The highest BCUT2D eigenvalue weighted by atomic mass is 79.9. The molecule has 56 valence electrons. The number of hydrogen-bond donors (Lipinski definition) is 1. The standard InChI is InChI=1S/C8H7BrN2/c9-7-2-1-3-8(11)6(7)4-5-10/h1-3H,4,11H2. The third-order valence-corrected chi connectivity index (χ3v) is 2.15. The number of nitriles is 1. The van der Waals surface area contributed by atoms with E-state index >= 15 is 0 Å². The lowest BCUT2D eigenvalue weighted by Gasteiger charge is -2.02. The van der Waals surface area contributed by atoms with Gasteiger partial charge < -0.3 is 5.73 Å². The summed E-state index contributed by atoms with van der Waals surface area (Å²) in [6, 6.07) is 7.57. The highest BCUT2D eigenvalue weighted by molar-refractivity contribution is 9.10. The van der Waals surface area contributed by atoms with Crippen LogP contribution in [-0.2, 0) is 6.42 Å². The van der Waals surface area contributed by atoms with E-state index in [1.54, 1.807) is 6.07 Å². The van der Waals surface area contributed by atoms with E-state index in [0.717, 1.165) is 10.0 Å². The molecule has 0 radical (unpaired) electrons. The van der Waals surface area contributed by atoms with E-state index in [1.807, 2.05) is 12.1 Å². The summed E-state index contributed by atoms with van der Waals surface area (Å²) in [5, 5.41) is 8.44. The lowest BCUT2D eigenvalue weighted by atomic mass is 10.1. The van der Waals surface area contributed by atoms with Gasteiger partial charge in [0.2, 0.25) is 0 Å². The molecule has 0 unspecified atom stereocenters. The lowest BCUT2D eigenvalue weighted by molar-refractivity contribution is 1.25. The first-order valence-electron chi connectivity index (χ1n) is 3.15. The van der Waals surface area contributed by atoms with Gasteiger partial charge in [0, 0.05) is 15.7 Å². The number of anilines is 1. The molecule has 2 nitrogen and oxygen atoms in total. The second-order valence-corrected chi connectivity index (χ2v) is 3.00. The van der Waals surface area contributed by atoms with Crippen molar-refractivity contribution in [2.45, 2.75) is 6.42 Å². The number of hydrogen-bond acceptors (Lipinski definition) is 2. The minimum absolute atomic E-state index is 0.354. The van der Waals surface area contributed by atoms with Gasteiger partial charge in [0.05, 0.1) is 12.5 Å². The summed E-state index contributed by atoms with van der Waals surface area (Å²) in [7, 11) is 0. The van der Waals surface area contributed by atoms with Crippen molar-refractivity contribution >= 4 is 21.6 Å². The van der Waals surface area contributed by atoms with Crippen LogP contribution in [0.5, 0.6) is 0 Å². The molecule has 0 aliphatic rings. The van der Waals surface area contributed by atoms with Crippen molar-refractivity contribution in [2.75, 3.05) is 5.73 Å². The fourth-order valence-electron chi connectivity index (χ4n) is 0.841. The maximum atomic E-state index is 8.44. The molecule has 0 bridgehead atoms. The molecule has 0 aliphatic heterocycles. The molecule has 0 aliphatic carbocycles. The van der Waals surface area contributed by atoms with Crippen LogP contribution in [0.4, 0.5) is 5.69 Å². The number of nitrogen functional groups attached to an aromatic ring is 1. The minimum atomic E-state index is 0.354. The Labute approximate surface area is 73.8 Å². The van der Waals surface area contributed by atoms with Crippen LogP contribution in [0.15, 0.2) is 22.7 Å². The van der Waals surface area contributed by atoms with Gasteiger partial charge in [0.25, 0.3) is 0 Å². The summed E-state index contributed by atoms with van der Waals surface area (Å²) in [4.78, 5) is 0. The summed E-state index contributed by atoms with van der Waals surface area (Å²) in [5.41, 5.74) is 7.16. The van der Waals surface area contributed by atoms with Crippen LogP contribution in [-0.4, -0.2) is 0 Å². The zero-order chi connectivity index (χ0) is 8.27. The smallest absolute Gasteiger partial charge is 0.0670 e. The first-order valence-corrected chi connectivity index (χ1v) is 3.95. The highest BCUT2D eigenvalue weighted by Crippen LogP contribution is 2.22. The molecule has 0 fully saturated rings. The van der Waals surface area contributed by atoms with Gasteiger partial charge in [-0.15, -0.1) is 0 Å². The number of halogens is 1. The van der Waals surface area contributed by atoms with Crippen molar-refractivity contribution < 1.29 is 0 Å². The Bertz CT molecular complexity index is 281. The van der Waals surface area contributed by atoms with Gasteiger partial charge in [-0.3, -0.25) is 0 Å². The summed E-state index contributed by atoms with van der Waals surface area (Å²) in [6.45, 7) is 0. The molecule has 0 heterocycles. The van der Waals surface area contributed by atoms with Gasteiger partial charge in [0.15, 0.2) is 0 Å². The SMILES string of the molecule is N#CCc1c(N)cccc1Br. The average Bonchev–Trinajstić information content (AvgIpc) is 1.97. The van der Waals surface area contributed by atoms with Crippen molar-refractivity contribution in [3.63, 3.8) is 0 Å². The topological polar surface area (TPSA) is 49.8 Å². The molecule has 0 saturated carbocycles. The maximum absolute atomic E-state index is 8.44. The van der Waals surface area contributed by atoms with Crippen LogP contribution in [0.1, 0.15) is 5.56 Å². The monoisotopic (exact) mass is 210 g/mol. The van der Waals surface area contributed by atoms with Gasteiger partial charge in [-0.1, -0.05) is 22.0 Å². The Kier molecular flexibility index (Phi) is 2.50. The molecule has 11 heavy (non-hydrogen) atoms. The average molecular weight is 211 g/mol. The molecule has 0 amide bonds. The number of nitrogens with zero attached hydrogens (tertiary/aromatic N) is 1. The highest BCUT2D eigenvalue weighted by Gasteiger charge is 2.01. The number of nitrogens with two attached hydrogens (primary N) is 1. The van der Waals surface area contributed by atoms with Crippen LogP contribution in [0, 0.1) is 11.3 Å². The van der Waals surface area contributed by atoms with Gasteiger partial charge in [-0.05, 0) is 12.1 Å². The van der Waals surface area contributed by atoms with Crippen molar-refractivity contribution in [3.05, 3.63) is 28.2 Å². The van der Waals surface area contributed by atoms with Crippen LogP contribution in [0.25, 0.3) is 0 Å². The van der Waals surface area contributed by atoms with Gasteiger partial charge >= 0.3 is 0 Å². The fraction of sp³-hybridized carbons (Fsp3) is 0.125. The summed E-state index contributed by atoms with van der Waals surface area (Å²) in [6.07, 6.45) is 0.354. The van der Waals surface area contributed by atoms with E-state index in [0.29, 0.717) is 12.1 Å². The second-order valence-electron chi connectivity index (χ2n) is 2.14. The lowest BCUT2D eigenvalue weighted by Crippen LogP contribution is -1.93. The van der Waals surface area contributed by atoms with Crippen molar-refractivity contribution in [2.24, 2.45) is 0 Å². The Morgan fingerprint density at radius 2 is 2.27 bits per heavy atom. The molecule has 1 rings (SSSR count). The van der Waals surface area contributed by atoms with Crippen LogP contribution < -0.4 is 5.73 Å². The van der Waals surface area contributed by atoms with Crippen LogP contribution in [0.3, 0.4) is 0 Å². The largest absolute Gasteiger partial charge is 0.398 e. The Balaban J connectivity index is 3.12. The maximum Gasteiger partial charge on any atom is 0.0670 e. The third kappa shape index (κ3) is 1.72. The Morgan fingerprint density at radius 1 is 1.55 bits per heavy atom. The summed E-state index contributed by atoms with van der Waals surface area (Å²) >= 11 is 3.32. The zero-order valence-electron chi connectivity index (χ0n) is 5.84. The van der Waals surface area contributed by atoms with Crippen LogP contribution in [0.2, 0.25) is 0 Å². The van der Waals surface area contributed by atoms with Crippen molar-refractivity contribution in [3.8, 4) is 6.07 Å². The van der Waals surface area contributed by atoms with Crippen LogP contribution >= 0.6 is 15.9 Å². The third-order valence-electron chi connectivity index (χ3n) is 1.41. The van der Waals surface area contributed by atoms with E-state index in [9.17, 15) is 0 Å². The summed E-state index contributed by atoms with van der Waals surface area (Å²) < 4.78 is 0.902. The Hall–Kier alpha value is -1.01. The van der Waals surface area contributed by atoms with Gasteiger partial charge in [-0.2, -0.15) is 5.26 Å². The van der Waals surface area contributed by atoms with E-state index in [4.69, 9.17) is 11.0 Å². The van der Waals surface area contributed by atoms with Crippen molar-refractivity contribution in [1.82, 2.24) is 0 Å². The van der Waals surface area contributed by atoms with Gasteiger partial charge in [-0.25, -0.2) is 0 Å². The second kappa shape index (κ2) is 3.40. The first kappa shape index (κ1) is 8.09.